The molecule has 1 atom stereocenters. The average Bonchev–Trinajstić information content (AvgIpc) is 2.52. The minimum absolute atomic E-state index is 0.0167. The van der Waals surface area contributed by atoms with Crippen molar-refractivity contribution < 1.29 is 13.9 Å². The number of hydrogen-bond acceptors (Lipinski definition) is 2. The number of rotatable bonds is 8. The van der Waals surface area contributed by atoms with E-state index in [0.717, 1.165) is 17.5 Å². The van der Waals surface area contributed by atoms with Gasteiger partial charge < -0.3 is 5.11 Å². The zero-order chi connectivity index (χ0) is 17.5. The van der Waals surface area contributed by atoms with Crippen molar-refractivity contribution in [2.24, 2.45) is 5.92 Å². The van der Waals surface area contributed by atoms with Crippen LogP contribution >= 0.6 is 0 Å². The Hall–Kier alpha value is -1.78. The maximum absolute atomic E-state index is 13.5. The normalized spacial score (nSPS) is 12.8. The van der Waals surface area contributed by atoms with E-state index in [-0.39, 0.29) is 24.3 Å². The van der Waals surface area contributed by atoms with E-state index in [0.29, 0.717) is 19.0 Å². The van der Waals surface area contributed by atoms with Gasteiger partial charge >= 0.3 is 0 Å². The fourth-order valence-corrected chi connectivity index (χ4v) is 2.94. The molecule has 2 aromatic carbocycles. The first-order valence-electron chi connectivity index (χ1n) is 8.31. The molecule has 0 aromatic heterocycles. The first-order chi connectivity index (χ1) is 11.5. The summed E-state index contributed by atoms with van der Waals surface area (Å²) >= 11 is 0. The molecule has 130 valence electrons. The van der Waals surface area contributed by atoms with Crippen LogP contribution in [0.5, 0.6) is 0 Å². The summed E-state index contributed by atoms with van der Waals surface area (Å²) < 4.78 is 26.9. The topological polar surface area (TPSA) is 23.5 Å². The third kappa shape index (κ3) is 5.69. The van der Waals surface area contributed by atoms with Crippen LogP contribution in [0.25, 0.3) is 0 Å². The second-order valence-corrected chi connectivity index (χ2v) is 6.63. The second-order valence-electron chi connectivity index (χ2n) is 6.63. The molecule has 2 rings (SSSR count). The van der Waals surface area contributed by atoms with Crippen LogP contribution in [0.4, 0.5) is 8.78 Å². The molecule has 0 aliphatic heterocycles. The van der Waals surface area contributed by atoms with E-state index in [4.69, 9.17) is 0 Å². The number of hydrogen-bond donors (Lipinski definition) is 1. The highest BCUT2D eigenvalue weighted by Crippen LogP contribution is 2.19. The molecule has 0 fully saturated rings. The van der Waals surface area contributed by atoms with Gasteiger partial charge in [0.1, 0.15) is 11.6 Å². The van der Waals surface area contributed by atoms with Gasteiger partial charge in [-0.2, -0.15) is 0 Å². The summed E-state index contributed by atoms with van der Waals surface area (Å²) in [7, 11) is 0. The Morgan fingerprint density at radius 1 is 0.917 bits per heavy atom. The van der Waals surface area contributed by atoms with Crippen molar-refractivity contribution in [2.75, 3.05) is 6.61 Å². The summed E-state index contributed by atoms with van der Waals surface area (Å²) in [5.74, 6) is -0.130. The van der Waals surface area contributed by atoms with E-state index in [1.807, 2.05) is 12.1 Å². The molecule has 0 saturated heterocycles. The molecule has 0 amide bonds. The molecule has 24 heavy (non-hydrogen) atoms. The first-order valence-corrected chi connectivity index (χ1v) is 8.31. The fourth-order valence-electron chi connectivity index (χ4n) is 2.94. The number of halogens is 2. The van der Waals surface area contributed by atoms with Gasteiger partial charge in [-0.1, -0.05) is 38.1 Å². The van der Waals surface area contributed by atoms with Gasteiger partial charge in [0.15, 0.2) is 0 Å². The summed E-state index contributed by atoms with van der Waals surface area (Å²) in [4.78, 5) is 2.09. The summed E-state index contributed by atoms with van der Waals surface area (Å²) in [6, 6.07) is 12.9. The van der Waals surface area contributed by atoms with E-state index in [9.17, 15) is 13.9 Å². The quantitative estimate of drug-likeness (QED) is 0.775. The number of benzene rings is 2. The summed E-state index contributed by atoms with van der Waals surface area (Å²) in [6.07, 6.45) is 0.821. The molecule has 0 heterocycles. The lowest BCUT2D eigenvalue weighted by Gasteiger charge is -2.32. The lowest BCUT2D eigenvalue weighted by atomic mass is 10.0. The van der Waals surface area contributed by atoms with Gasteiger partial charge in [-0.3, -0.25) is 4.90 Å². The van der Waals surface area contributed by atoms with Crippen molar-refractivity contribution >= 4 is 0 Å². The van der Waals surface area contributed by atoms with Crippen molar-refractivity contribution in [2.45, 2.75) is 39.4 Å². The van der Waals surface area contributed by atoms with Crippen molar-refractivity contribution in [3.05, 3.63) is 71.3 Å². The van der Waals surface area contributed by atoms with Crippen LogP contribution in [-0.2, 0) is 13.1 Å². The number of aliphatic hydroxyl groups is 1. The highest BCUT2D eigenvalue weighted by molar-refractivity contribution is 5.19. The van der Waals surface area contributed by atoms with Gasteiger partial charge in [-0.15, -0.1) is 0 Å². The molecule has 2 aromatic rings. The molecule has 4 heteroatoms. The van der Waals surface area contributed by atoms with Crippen LogP contribution in [0.1, 0.15) is 31.4 Å². The van der Waals surface area contributed by atoms with Gasteiger partial charge in [0, 0.05) is 19.1 Å². The Bertz CT molecular complexity index is 598. The average molecular weight is 333 g/mol. The van der Waals surface area contributed by atoms with E-state index in [1.54, 1.807) is 12.1 Å². The van der Waals surface area contributed by atoms with Gasteiger partial charge in [-0.05, 0) is 47.7 Å². The number of nitrogens with zero attached hydrogens (tertiary/aromatic N) is 1. The SMILES string of the molecule is CC(C)C[C@H](CO)N(Cc1cccc(F)c1)Cc1cccc(F)c1. The fraction of sp³-hybridized carbons (Fsp3) is 0.400. The van der Waals surface area contributed by atoms with Crippen LogP contribution < -0.4 is 0 Å². The minimum atomic E-state index is -0.275. The molecule has 2 nitrogen and oxygen atoms in total. The standard InChI is InChI=1S/C20H25F2NO/c1-15(2)9-20(14-24)23(12-16-5-3-7-18(21)10-16)13-17-6-4-8-19(22)11-17/h3-8,10-11,15,20,24H,9,12-14H2,1-2H3/t20-/m1/s1. The predicted molar refractivity (Wildman–Crippen MR) is 92.4 cm³/mol. The zero-order valence-corrected chi connectivity index (χ0v) is 14.3. The van der Waals surface area contributed by atoms with Crippen molar-refractivity contribution in [3.63, 3.8) is 0 Å². The Kier molecular flexibility index (Phi) is 6.88. The van der Waals surface area contributed by atoms with E-state index >= 15 is 0 Å². The zero-order valence-electron chi connectivity index (χ0n) is 14.3. The Morgan fingerprint density at radius 3 is 1.79 bits per heavy atom. The van der Waals surface area contributed by atoms with Gasteiger partial charge in [0.25, 0.3) is 0 Å². The van der Waals surface area contributed by atoms with Crippen LogP contribution in [0.15, 0.2) is 48.5 Å². The lowest BCUT2D eigenvalue weighted by Crippen LogP contribution is -2.38. The smallest absolute Gasteiger partial charge is 0.123 e. The van der Waals surface area contributed by atoms with Crippen molar-refractivity contribution in [3.8, 4) is 0 Å². The van der Waals surface area contributed by atoms with Crippen LogP contribution in [0, 0.1) is 17.6 Å². The molecule has 0 spiro atoms. The second kappa shape index (κ2) is 8.90. The Morgan fingerprint density at radius 2 is 1.42 bits per heavy atom. The molecule has 0 aliphatic rings. The van der Waals surface area contributed by atoms with Crippen LogP contribution in [0.2, 0.25) is 0 Å². The molecule has 0 radical (unpaired) electrons. The summed E-state index contributed by atoms with van der Waals surface area (Å²) in [5.41, 5.74) is 1.68. The third-order valence-electron chi connectivity index (χ3n) is 4.02. The van der Waals surface area contributed by atoms with E-state index < -0.39 is 0 Å². The summed E-state index contributed by atoms with van der Waals surface area (Å²) in [6.45, 7) is 5.23. The minimum Gasteiger partial charge on any atom is -0.395 e. The monoisotopic (exact) mass is 333 g/mol. The molecule has 0 saturated carbocycles. The molecular weight excluding hydrogens is 308 g/mol. The van der Waals surface area contributed by atoms with Crippen molar-refractivity contribution in [1.82, 2.24) is 4.90 Å². The highest BCUT2D eigenvalue weighted by atomic mass is 19.1. The van der Waals surface area contributed by atoms with Crippen LogP contribution in [0.3, 0.4) is 0 Å². The molecular formula is C20H25F2NO. The molecule has 0 bridgehead atoms. The lowest BCUT2D eigenvalue weighted by molar-refractivity contribution is 0.0940. The molecule has 0 unspecified atom stereocenters. The van der Waals surface area contributed by atoms with E-state index in [1.165, 1.54) is 24.3 Å². The highest BCUT2D eigenvalue weighted by Gasteiger charge is 2.20. The molecule has 0 aliphatic carbocycles. The Labute approximate surface area is 142 Å². The van der Waals surface area contributed by atoms with Crippen LogP contribution in [-0.4, -0.2) is 22.7 Å². The van der Waals surface area contributed by atoms with Gasteiger partial charge in [0.2, 0.25) is 0 Å². The predicted octanol–water partition coefficient (Wildman–Crippen LogP) is 4.37. The van der Waals surface area contributed by atoms with Gasteiger partial charge in [0.05, 0.1) is 6.61 Å². The maximum Gasteiger partial charge on any atom is 0.123 e. The number of aliphatic hydroxyl groups excluding tert-OH is 1. The van der Waals surface area contributed by atoms with Gasteiger partial charge in [-0.25, -0.2) is 8.78 Å². The van der Waals surface area contributed by atoms with Crippen molar-refractivity contribution in [1.29, 1.82) is 0 Å². The third-order valence-corrected chi connectivity index (χ3v) is 4.02. The first kappa shape index (κ1) is 18.6. The van der Waals surface area contributed by atoms with E-state index in [2.05, 4.69) is 18.7 Å². The Balaban J connectivity index is 2.22. The summed E-state index contributed by atoms with van der Waals surface area (Å²) in [5, 5.41) is 9.82. The largest absolute Gasteiger partial charge is 0.395 e. The molecule has 1 N–H and O–H groups in total. The maximum atomic E-state index is 13.5.